The lowest BCUT2D eigenvalue weighted by Crippen LogP contribution is -2.01. The molecule has 0 N–H and O–H groups in total. The summed E-state index contributed by atoms with van der Waals surface area (Å²) < 4.78 is 6.63. The Bertz CT molecular complexity index is 342. The third-order valence-corrected chi connectivity index (χ3v) is 1.88. The maximum Gasteiger partial charge on any atom is 0.309 e. The average Bonchev–Trinajstić information content (AvgIpc) is 2.66. The van der Waals surface area contributed by atoms with Crippen molar-refractivity contribution in [3.05, 3.63) is 24.0 Å². The number of carbonyl (C=O) groups is 1. The molecule has 0 bridgehead atoms. The first-order valence-electron chi connectivity index (χ1n) is 5.10. The summed E-state index contributed by atoms with van der Waals surface area (Å²) in [5.74, 6) is -0.198. The van der Waals surface area contributed by atoms with Crippen molar-refractivity contribution in [2.24, 2.45) is 0 Å². The highest BCUT2D eigenvalue weighted by atomic mass is 16.5. The number of ether oxygens (including phenoxy) is 1. The average molecular weight is 208 g/mol. The van der Waals surface area contributed by atoms with Gasteiger partial charge in [-0.05, 0) is 13.8 Å². The molecular formula is C11H16N2O2. The molecule has 0 radical (unpaired) electrons. The van der Waals surface area contributed by atoms with E-state index in [9.17, 15) is 4.79 Å². The molecule has 1 rings (SSSR count). The fourth-order valence-electron chi connectivity index (χ4n) is 1.15. The van der Waals surface area contributed by atoms with Crippen molar-refractivity contribution >= 4 is 12.0 Å². The van der Waals surface area contributed by atoms with Crippen LogP contribution >= 0.6 is 0 Å². The normalized spacial score (nSPS) is 10.8. The molecule has 4 nitrogen and oxygen atoms in total. The van der Waals surface area contributed by atoms with Crippen LogP contribution < -0.4 is 0 Å². The van der Waals surface area contributed by atoms with Gasteiger partial charge in [-0.25, -0.2) is 0 Å². The Morgan fingerprint density at radius 2 is 2.40 bits per heavy atom. The Kier molecular flexibility index (Phi) is 4.60. The number of carbonyl (C=O) groups excluding carboxylic acids is 1. The molecule has 82 valence electrons. The molecule has 4 heteroatoms. The lowest BCUT2D eigenvalue weighted by Gasteiger charge is -1.95. The van der Waals surface area contributed by atoms with E-state index in [2.05, 4.69) is 5.10 Å². The van der Waals surface area contributed by atoms with Crippen molar-refractivity contribution < 1.29 is 9.53 Å². The van der Waals surface area contributed by atoms with E-state index >= 15 is 0 Å². The Balaban J connectivity index is 2.40. The summed E-state index contributed by atoms with van der Waals surface area (Å²) in [6.45, 7) is 5.11. The fourth-order valence-corrected chi connectivity index (χ4v) is 1.15. The van der Waals surface area contributed by atoms with E-state index in [-0.39, 0.29) is 5.97 Å². The van der Waals surface area contributed by atoms with Crippen molar-refractivity contribution in [1.29, 1.82) is 0 Å². The second kappa shape index (κ2) is 6.01. The van der Waals surface area contributed by atoms with Gasteiger partial charge in [-0.1, -0.05) is 12.2 Å². The summed E-state index contributed by atoms with van der Waals surface area (Å²) >= 11 is 0. The van der Waals surface area contributed by atoms with Crippen LogP contribution in [0.15, 0.2) is 18.5 Å². The number of nitrogens with zero attached hydrogens (tertiary/aromatic N) is 2. The lowest BCUT2D eigenvalue weighted by molar-refractivity contribution is -0.142. The number of hydrogen-bond donors (Lipinski definition) is 0. The van der Waals surface area contributed by atoms with Crippen LogP contribution in [0.2, 0.25) is 0 Å². The number of esters is 1. The van der Waals surface area contributed by atoms with Crippen molar-refractivity contribution in [1.82, 2.24) is 9.78 Å². The molecular weight excluding hydrogens is 192 g/mol. The van der Waals surface area contributed by atoms with E-state index < -0.39 is 0 Å². The molecule has 0 saturated carbocycles. The minimum Gasteiger partial charge on any atom is -0.466 e. The van der Waals surface area contributed by atoms with Crippen molar-refractivity contribution in [2.45, 2.75) is 26.8 Å². The Morgan fingerprint density at radius 3 is 3.00 bits per heavy atom. The van der Waals surface area contributed by atoms with Crippen LogP contribution in [0.5, 0.6) is 0 Å². The molecule has 0 aliphatic heterocycles. The maximum atomic E-state index is 11.0. The molecule has 1 aromatic rings. The Hall–Kier alpha value is -1.58. The van der Waals surface area contributed by atoms with E-state index in [0.29, 0.717) is 13.0 Å². The molecule has 0 fully saturated rings. The number of aryl methyl sites for hydroxylation is 1. The van der Waals surface area contributed by atoms with Crippen molar-refractivity contribution in [3.8, 4) is 0 Å². The lowest BCUT2D eigenvalue weighted by atomic mass is 10.3. The highest BCUT2D eigenvalue weighted by molar-refractivity contribution is 5.72. The van der Waals surface area contributed by atoms with Crippen LogP contribution in [-0.4, -0.2) is 22.4 Å². The summed E-state index contributed by atoms with van der Waals surface area (Å²) in [5.41, 5.74) is 1.00. The predicted octanol–water partition coefficient (Wildman–Crippen LogP) is 1.87. The van der Waals surface area contributed by atoms with Gasteiger partial charge in [0.05, 0.1) is 19.2 Å². The maximum absolute atomic E-state index is 11.0. The molecule has 0 amide bonds. The highest BCUT2D eigenvalue weighted by Crippen LogP contribution is 2.01. The smallest absolute Gasteiger partial charge is 0.309 e. The third-order valence-electron chi connectivity index (χ3n) is 1.88. The second-order valence-corrected chi connectivity index (χ2v) is 3.04. The van der Waals surface area contributed by atoms with Gasteiger partial charge in [0.2, 0.25) is 0 Å². The Morgan fingerprint density at radius 1 is 1.60 bits per heavy atom. The van der Waals surface area contributed by atoms with E-state index in [1.807, 2.05) is 23.9 Å². The molecule has 0 aliphatic rings. The molecule has 0 unspecified atom stereocenters. The first-order valence-corrected chi connectivity index (χ1v) is 5.10. The molecule has 0 saturated heterocycles. The van der Waals surface area contributed by atoms with Gasteiger partial charge in [0, 0.05) is 18.3 Å². The summed E-state index contributed by atoms with van der Waals surface area (Å²) in [6.07, 6.45) is 7.67. The second-order valence-electron chi connectivity index (χ2n) is 3.04. The van der Waals surface area contributed by atoms with Crippen LogP contribution in [-0.2, 0) is 16.1 Å². The number of hydrogen-bond acceptors (Lipinski definition) is 3. The minimum atomic E-state index is -0.198. The fraction of sp³-hybridized carbons (Fsp3) is 0.455. The van der Waals surface area contributed by atoms with E-state index in [4.69, 9.17) is 4.74 Å². The van der Waals surface area contributed by atoms with E-state index in [1.165, 1.54) is 0 Å². The quantitative estimate of drug-likeness (QED) is 0.694. The largest absolute Gasteiger partial charge is 0.466 e. The molecule has 0 aliphatic carbocycles. The van der Waals surface area contributed by atoms with Gasteiger partial charge in [0.25, 0.3) is 0 Å². The summed E-state index contributed by atoms with van der Waals surface area (Å²) in [5, 5.41) is 4.12. The molecule has 0 atom stereocenters. The molecule has 0 aromatic carbocycles. The van der Waals surface area contributed by atoms with E-state index in [0.717, 1.165) is 12.1 Å². The zero-order chi connectivity index (χ0) is 11.1. The summed E-state index contributed by atoms with van der Waals surface area (Å²) in [7, 11) is 0. The molecule has 1 aromatic heterocycles. The number of aromatic nitrogens is 2. The van der Waals surface area contributed by atoms with Crippen LogP contribution in [0.4, 0.5) is 0 Å². The summed E-state index contributed by atoms with van der Waals surface area (Å²) in [4.78, 5) is 11.0. The zero-order valence-electron chi connectivity index (χ0n) is 9.14. The molecule has 1 heterocycles. The Labute approximate surface area is 89.5 Å². The first-order chi connectivity index (χ1) is 7.26. The SMILES string of the molecule is CCOC(=O)CC=Cc1cnn(CC)c1. The number of rotatable bonds is 5. The highest BCUT2D eigenvalue weighted by Gasteiger charge is 1.97. The standard InChI is InChI=1S/C11H16N2O2/c1-3-13-9-10(8-12-13)6-5-7-11(14)15-4-2/h5-6,8-9H,3-4,7H2,1-2H3. The van der Waals surface area contributed by atoms with Gasteiger partial charge in [0.15, 0.2) is 0 Å². The van der Waals surface area contributed by atoms with Gasteiger partial charge < -0.3 is 4.74 Å². The van der Waals surface area contributed by atoms with Gasteiger partial charge in [0.1, 0.15) is 0 Å². The van der Waals surface area contributed by atoms with Crippen LogP contribution in [0.3, 0.4) is 0 Å². The van der Waals surface area contributed by atoms with Crippen molar-refractivity contribution in [3.63, 3.8) is 0 Å². The van der Waals surface area contributed by atoms with Crippen LogP contribution in [0, 0.1) is 0 Å². The zero-order valence-corrected chi connectivity index (χ0v) is 9.14. The van der Waals surface area contributed by atoms with Crippen LogP contribution in [0.25, 0.3) is 6.08 Å². The van der Waals surface area contributed by atoms with Gasteiger partial charge in [-0.2, -0.15) is 5.10 Å². The first kappa shape index (κ1) is 11.5. The van der Waals surface area contributed by atoms with Gasteiger partial charge in [-0.3, -0.25) is 9.48 Å². The topological polar surface area (TPSA) is 44.1 Å². The van der Waals surface area contributed by atoms with Gasteiger partial charge >= 0.3 is 5.97 Å². The minimum absolute atomic E-state index is 0.198. The van der Waals surface area contributed by atoms with E-state index in [1.54, 1.807) is 19.2 Å². The van der Waals surface area contributed by atoms with Crippen molar-refractivity contribution in [2.75, 3.05) is 6.61 Å². The van der Waals surface area contributed by atoms with Crippen LogP contribution in [0.1, 0.15) is 25.8 Å². The predicted molar refractivity (Wildman–Crippen MR) is 58.2 cm³/mol. The third kappa shape index (κ3) is 3.97. The monoisotopic (exact) mass is 208 g/mol. The molecule has 0 spiro atoms. The van der Waals surface area contributed by atoms with Gasteiger partial charge in [-0.15, -0.1) is 0 Å². The molecule has 15 heavy (non-hydrogen) atoms. The summed E-state index contributed by atoms with van der Waals surface area (Å²) in [6, 6.07) is 0.